The maximum Gasteiger partial charge on any atom is 0.234 e. The van der Waals surface area contributed by atoms with Gasteiger partial charge in [-0.3, -0.25) is 4.79 Å². The standard InChI is InChI=1S/C17H33N5O6/c1-18-13-17(23)19-3-5-28-15-16-14-22(21-20-16)4-6-25-9-10-27-12-11-26-8-7-24-2/h14,18H,3-13,15H2,1-2H3,(H,19,23). The van der Waals surface area contributed by atoms with Crippen LogP contribution in [0.2, 0.25) is 0 Å². The van der Waals surface area contributed by atoms with Gasteiger partial charge in [0.05, 0.1) is 78.7 Å². The smallest absolute Gasteiger partial charge is 0.234 e. The fourth-order valence-corrected chi connectivity index (χ4v) is 2.02. The average molecular weight is 403 g/mol. The lowest BCUT2D eigenvalue weighted by Gasteiger charge is -2.06. The van der Waals surface area contributed by atoms with Gasteiger partial charge in [0.15, 0.2) is 0 Å². The van der Waals surface area contributed by atoms with E-state index in [1.54, 1.807) is 18.8 Å². The minimum absolute atomic E-state index is 0.0575. The molecule has 1 aromatic heterocycles. The zero-order valence-electron chi connectivity index (χ0n) is 16.9. The third-order valence-corrected chi connectivity index (χ3v) is 3.38. The highest BCUT2D eigenvalue weighted by Gasteiger charge is 2.02. The van der Waals surface area contributed by atoms with E-state index in [-0.39, 0.29) is 5.91 Å². The molecule has 162 valence electrons. The van der Waals surface area contributed by atoms with Crippen molar-refractivity contribution in [1.82, 2.24) is 25.6 Å². The fourth-order valence-electron chi connectivity index (χ4n) is 2.02. The van der Waals surface area contributed by atoms with Crippen LogP contribution in [0.3, 0.4) is 0 Å². The van der Waals surface area contributed by atoms with Crippen molar-refractivity contribution < 1.29 is 28.5 Å². The van der Waals surface area contributed by atoms with Crippen LogP contribution in [0.4, 0.5) is 0 Å². The molecule has 0 bridgehead atoms. The molecule has 1 amide bonds. The average Bonchev–Trinajstić information content (AvgIpc) is 3.14. The molecule has 0 aliphatic rings. The molecule has 0 aliphatic carbocycles. The van der Waals surface area contributed by atoms with Gasteiger partial charge in [0.1, 0.15) is 5.69 Å². The van der Waals surface area contributed by atoms with Crippen LogP contribution >= 0.6 is 0 Å². The van der Waals surface area contributed by atoms with Crippen LogP contribution in [-0.4, -0.2) is 101 Å². The van der Waals surface area contributed by atoms with Gasteiger partial charge < -0.3 is 34.3 Å². The summed E-state index contributed by atoms with van der Waals surface area (Å²) in [6, 6.07) is 0. The van der Waals surface area contributed by atoms with Crippen LogP contribution < -0.4 is 10.6 Å². The van der Waals surface area contributed by atoms with Crippen LogP contribution in [0.25, 0.3) is 0 Å². The van der Waals surface area contributed by atoms with Crippen molar-refractivity contribution >= 4 is 5.91 Å². The van der Waals surface area contributed by atoms with Crippen molar-refractivity contribution in [2.24, 2.45) is 0 Å². The predicted octanol–water partition coefficient (Wildman–Crippen LogP) is -1.17. The van der Waals surface area contributed by atoms with Crippen LogP contribution in [0, 0.1) is 0 Å². The highest BCUT2D eigenvalue weighted by Crippen LogP contribution is 1.96. The van der Waals surface area contributed by atoms with Gasteiger partial charge in [-0.1, -0.05) is 5.21 Å². The molecule has 28 heavy (non-hydrogen) atoms. The lowest BCUT2D eigenvalue weighted by molar-refractivity contribution is -0.120. The molecular weight excluding hydrogens is 370 g/mol. The maximum atomic E-state index is 11.2. The number of carbonyl (C=O) groups excluding carboxylic acids is 1. The Morgan fingerprint density at radius 1 is 1.00 bits per heavy atom. The molecule has 11 heteroatoms. The van der Waals surface area contributed by atoms with Crippen molar-refractivity contribution in [2.45, 2.75) is 13.2 Å². The summed E-state index contributed by atoms with van der Waals surface area (Å²) in [5, 5.41) is 13.6. The van der Waals surface area contributed by atoms with Crippen molar-refractivity contribution in [1.29, 1.82) is 0 Å². The number of ether oxygens (including phenoxy) is 5. The summed E-state index contributed by atoms with van der Waals surface area (Å²) in [6.45, 7) is 5.96. The van der Waals surface area contributed by atoms with E-state index in [9.17, 15) is 4.79 Å². The molecule has 1 rings (SSSR count). The van der Waals surface area contributed by atoms with Gasteiger partial charge in [0, 0.05) is 13.7 Å². The summed E-state index contributed by atoms with van der Waals surface area (Å²) < 4.78 is 28.2. The highest BCUT2D eigenvalue weighted by molar-refractivity contribution is 5.77. The fraction of sp³-hybridized carbons (Fsp3) is 0.824. The number of aromatic nitrogens is 3. The summed E-state index contributed by atoms with van der Waals surface area (Å²) in [7, 11) is 3.36. The number of methoxy groups -OCH3 is 1. The number of amides is 1. The van der Waals surface area contributed by atoms with Crippen LogP contribution in [0.15, 0.2) is 6.20 Å². The van der Waals surface area contributed by atoms with Crippen molar-refractivity contribution in [2.75, 3.05) is 80.1 Å². The quantitative estimate of drug-likeness (QED) is 0.275. The minimum Gasteiger partial charge on any atom is -0.382 e. The third kappa shape index (κ3) is 13.5. The summed E-state index contributed by atoms with van der Waals surface area (Å²) in [5.41, 5.74) is 0.735. The number of carbonyl (C=O) groups is 1. The van der Waals surface area contributed by atoms with E-state index in [1.807, 2.05) is 6.20 Å². The molecule has 0 aromatic carbocycles. The van der Waals surface area contributed by atoms with Crippen LogP contribution in [0.5, 0.6) is 0 Å². The molecule has 1 aromatic rings. The van der Waals surface area contributed by atoms with E-state index >= 15 is 0 Å². The Hall–Kier alpha value is -1.63. The van der Waals surface area contributed by atoms with Crippen molar-refractivity contribution in [3.8, 4) is 0 Å². The first-order valence-corrected chi connectivity index (χ1v) is 9.36. The van der Waals surface area contributed by atoms with Crippen LogP contribution in [-0.2, 0) is 41.6 Å². The van der Waals surface area contributed by atoms with Gasteiger partial charge in [-0.15, -0.1) is 5.10 Å². The SMILES string of the molecule is CNCC(=O)NCCOCc1cn(CCOCCOCCOCCOC)nn1. The Morgan fingerprint density at radius 2 is 1.68 bits per heavy atom. The number of hydrogen-bond acceptors (Lipinski definition) is 9. The lowest BCUT2D eigenvalue weighted by Crippen LogP contribution is -2.34. The number of nitrogens with one attached hydrogen (secondary N) is 2. The van der Waals surface area contributed by atoms with Gasteiger partial charge in [-0.05, 0) is 7.05 Å². The molecule has 2 N–H and O–H groups in total. The third-order valence-electron chi connectivity index (χ3n) is 3.38. The Kier molecular flexibility index (Phi) is 15.2. The lowest BCUT2D eigenvalue weighted by atomic mass is 10.5. The van der Waals surface area contributed by atoms with E-state index < -0.39 is 0 Å². The summed E-state index contributed by atoms with van der Waals surface area (Å²) in [4.78, 5) is 11.2. The second kappa shape index (κ2) is 17.5. The van der Waals surface area contributed by atoms with Gasteiger partial charge >= 0.3 is 0 Å². The van der Waals surface area contributed by atoms with Gasteiger partial charge in [-0.25, -0.2) is 4.68 Å². The summed E-state index contributed by atoms with van der Waals surface area (Å²) >= 11 is 0. The molecule has 11 nitrogen and oxygen atoms in total. The Labute approximate surface area is 166 Å². The molecule has 0 aliphatic heterocycles. The first-order valence-electron chi connectivity index (χ1n) is 9.36. The summed E-state index contributed by atoms with van der Waals surface area (Å²) in [6.07, 6.45) is 1.82. The maximum absolute atomic E-state index is 11.2. The molecule has 0 spiro atoms. The molecule has 0 atom stereocenters. The Balaban J connectivity index is 1.93. The number of likely N-dealkylation sites (N-methyl/N-ethyl adjacent to an activating group) is 1. The van der Waals surface area contributed by atoms with Crippen LogP contribution in [0.1, 0.15) is 5.69 Å². The number of rotatable bonds is 19. The minimum atomic E-state index is -0.0575. The predicted molar refractivity (Wildman–Crippen MR) is 101 cm³/mol. The number of nitrogens with zero attached hydrogens (tertiary/aromatic N) is 3. The molecule has 0 unspecified atom stereocenters. The van der Waals surface area contributed by atoms with Gasteiger partial charge in [0.25, 0.3) is 0 Å². The van der Waals surface area contributed by atoms with Crippen molar-refractivity contribution in [3.63, 3.8) is 0 Å². The second-order valence-electron chi connectivity index (χ2n) is 5.74. The Bertz CT molecular complexity index is 502. The van der Waals surface area contributed by atoms with E-state index in [0.29, 0.717) is 79.1 Å². The Morgan fingerprint density at radius 3 is 2.36 bits per heavy atom. The molecule has 1 heterocycles. The van der Waals surface area contributed by atoms with E-state index in [0.717, 1.165) is 5.69 Å². The highest BCUT2D eigenvalue weighted by atomic mass is 16.6. The second-order valence-corrected chi connectivity index (χ2v) is 5.74. The van der Waals surface area contributed by atoms with E-state index in [1.165, 1.54) is 0 Å². The van der Waals surface area contributed by atoms with Gasteiger partial charge in [0.2, 0.25) is 5.91 Å². The molecule has 0 fully saturated rings. The van der Waals surface area contributed by atoms with Gasteiger partial charge in [-0.2, -0.15) is 0 Å². The number of hydrogen-bond donors (Lipinski definition) is 2. The first-order chi connectivity index (χ1) is 13.8. The molecule has 0 saturated carbocycles. The van der Waals surface area contributed by atoms with E-state index in [2.05, 4.69) is 20.9 Å². The largest absolute Gasteiger partial charge is 0.382 e. The zero-order chi connectivity index (χ0) is 20.3. The summed E-state index contributed by atoms with van der Waals surface area (Å²) in [5.74, 6) is -0.0575. The molecule has 0 radical (unpaired) electrons. The molecular formula is C17H33N5O6. The topological polar surface area (TPSA) is 118 Å². The zero-order valence-corrected chi connectivity index (χ0v) is 16.9. The van der Waals surface area contributed by atoms with E-state index in [4.69, 9.17) is 23.7 Å². The monoisotopic (exact) mass is 403 g/mol. The first kappa shape index (κ1) is 24.4. The van der Waals surface area contributed by atoms with Crippen molar-refractivity contribution in [3.05, 3.63) is 11.9 Å². The molecule has 0 saturated heterocycles. The normalized spacial score (nSPS) is 11.1.